The highest BCUT2D eigenvalue weighted by Gasteiger charge is 2.32. The fraction of sp³-hybridized carbons (Fsp3) is 0.238. The normalized spacial score (nSPS) is 16.6. The zero-order chi connectivity index (χ0) is 19.3. The van der Waals surface area contributed by atoms with Crippen molar-refractivity contribution >= 4 is 34.3 Å². The summed E-state index contributed by atoms with van der Waals surface area (Å²) in [6.07, 6.45) is 10.5. The van der Waals surface area contributed by atoms with Gasteiger partial charge in [-0.25, -0.2) is 9.97 Å². The number of carbonyl (C=O) groups excluding carboxylic acids is 1. The standard InChI is InChI=1S/C21H21N5OS/c1-15-14-24-21(28-15)25-20-19(22-11-12-23-20)17-8-5-13-26(17)18(27)10-9-16-6-3-2-4-7-16/h2-4,6-7,9-12,14,17H,5,8,13H2,1H3,(H,23,24,25)/b10-9+/t17-/m1/s1. The highest BCUT2D eigenvalue weighted by Crippen LogP contribution is 2.35. The van der Waals surface area contributed by atoms with Crippen molar-refractivity contribution in [3.63, 3.8) is 0 Å². The lowest BCUT2D eigenvalue weighted by molar-refractivity contribution is -0.126. The number of aromatic nitrogens is 3. The van der Waals surface area contributed by atoms with E-state index in [1.165, 1.54) is 0 Å². The van der Waals surface area contributed by atoms with Gasteiger partial charge < -0.3 is 10.2 Å². The number of carbonyl (C=O) groups is 1. The number of thiazole rings is 1. The van der Waals surface area contributed by atoms with Gasteiger partial charge in [0.2, 0.25) is 5.91 Å². The first-order valence-corrected chi connectivity index (χ1v) is 10.1. The van der Waals surface area contributed by atoms with Gasteiger partial charge in [0.1, 0.15) is 5.69 Å². The summed E-state index contributed by atoms with van der Waals surface area (Å²) in [5.74, 6) is 0.654. The maximum absolute atomic E-state index is 12.8. The Balaban J connectivity index is 1.55. The zero-order valence-electron chi connectivity index (χ0n) is 15.6. The Hall–Kier alpha value is -3.06. The quantitative estimate of drug-likeness (QED) is 0.654. The molecule has 1 saturated heterocycles. The van der Waals surface area contributed by atoms with Crippen molar-refractivity contribution in [3.05, 3.63) is 71.1 Å². The van der Waals surface area contributed by atoms with Crippen molar-refractivity contribution in [2.24, 2.45) is 0 Å². The molecule has 1 N–H and O–H groups in total. The minimum Gasteiger partial charge on any atom is -0.330 e. The Morgan fingerprint density at radius 2 is 2.04 bits per heavy atom. The largest absolute Gasteiger partial charge is 0.330 e. The van der Waals surface area contributed by atoms with Crippen molar-refractivity contribution in [1.82, 2.24) is 19.9 Å². The number of nitrogens with one attached hydrogen (secondary N) is 1. The third-order valence-corrected chi connectivity index (χ3v) is 5.47. The predicted molar refractivity (Wildman–Crippen MR) is 111 cm³/mol. The maximum Gasteiger partial charge on any atom is 0.247 e. The van der Waals surface area contributed by atoms with E-state index in [0.717, 1.165) is 40.7 Å². The molecule has 0 unspecified atom stereocenters. The number of likely N-dealkylation sites (tertiary alicyclic amines) is 1. The summed E-state index contributed by atoms with van der Waals surface area (Å²) < 4.78 is 0. The number of anilines is 2. The molecule has 0 aliphatic carbocycles. The van der Waals surface area contributed by atoms with E-state index in [4.69, 9.17) is 0 Å². The molecule has 6 nitrogen and oxygen atoms in total. The number of rotatable bonds is 5. The van der Waals surface area contributed by atoms with Gasteiger partial charge >= 0.3 is 0 Å². The summed E-state index contributed by atoms with van der Waals surface area (Å²) in [5.41, 5.74) is 1.79. The highest BCUT2D eigenvalue weighted by molar-refractivity contribution is 7.15. The van der Waals surface area contributed by atoms with Crippen molar-refractivity contribution in [3.8, 4) is 0 Å². The number of hydrogen-bond donors (Lipinski definition) is 1. The summed E-state index contributed by atoms with van der Waals surface area (Å²) in [4.78, 5) is 29.2. The first-order valence-electron chi connectivity index (χ1n) is 9.25. The van der Waals surface area contributed by atoms with Crippen LogP contribution in [0.1, 0.15) is 35.0 Å². The molecule has 0 spiro atoms. The average Bonchev–Trinajstić information content (AvgIpc) is 3.36. The molecule has 1 amide bonds. The second-order valence-corrected chi connectivity index (χ2v) is 7.86. The maximum atomic E-state index is 12.8. The number of aryl methyl sites for hydroxylation is 1. The number of nitrogens with zero attached hydrogens (tertiary/aromatic N) is 4. The molecule has 1 aromatic carbocycles. The Bertz CT molecular complexity index is 985. The second kappa shape index (κ2) is 8.31. The van der Waals surface area contributed by atoms with E-state index in [0.29, 0.717) is 5.82 Å². The van der Waals surface area contributed by atoms with Crippen LogP contribution in [-0.2, 0) is 4.79 Å². The zero-order valence-corrected chi connectivity index (χ0v) is 16.4. The molecular formula is C21H21N5OS. The Morgan fingerprint density at radius 1 is 1.21 bits per heavy atom. The van der Waals surface area contributed by atoms with Crippen LogP contribution in [0.3, 0.4) is 0 Å². The average molecular weight is 392 g/mol. The molecule has 0 saturated carbocycles. The molecule has 4 rings (SSSR count). The van der Waals surface area contributed by atoms with Crippen LogP contribution in [0.5, 0.6) is 0 Å². The Labute approximate surface area is 168 Å². The minimum absolute atomic E-state index is 0.00644. The van der Waals surface area contributed by atoms with Gasteiger partial charge in [-0.1, -0.05) is 30.3 Å². The van der Waals surface area contributed by atoms with Crippen molar-refractivity contribution in [1.29, 1.82) is 0 Å². The van der Waals surface area contributed by atoms with Crippen molar-refractivity contribution in [2.75, 3.05) is 11.9 Å². The molecule has 0 radical (unpaired) electrons. The number of hydrogen-bond acceptors (Lipinski definition) is 6. The van der Waals surface area contributed by atoms with E-state index in [1.54, 1.807) is 29.8 Å². The van der Waals surface area contributed by atoms with Crippen LogP contribution in [0.2, 0.25) is 0 Å². The lowest BCUT2D eigenvalue weighted by Gasteiger charge is -2.24. The van der Waals surface area contributed by atoms with Crippen molar-refractivity contribution in [2.45, 2.75) is 25.8 Å². The molecule has 0 bridgehead atoms. The third kappa shape index (κ3) is 4.09. The smallest absolute Gasteiger partial charge is 0.247 e. The van der Waals surface area contributed by atoms with Crippen LogP contribution in [0, 0.1) is 6.92 Å². The summed E-state index contributed by atoms with van der Waals surface area (Å²) in [6.45, 7) is 2.73. The fourth-order valence-corrected chi connectivity index (χ4v) is 4.01. The van der Waals surface area contributed by atoms with Crippen LogP contribution in [0.15, 0.2) is 55.0 Å². The van der Waals surface area contributed by atoms with Crippen LogP contribution < -0.4 is 5.32 Å². The second-order valence-electron chi connectivity index (χ2n) is 6.62. The molecule has 1 aliphatic rings. The van der Waals surface area contributed by atoms with Gasteiger partial charge in [-0.2, -0.15) is 0 Å². The van der Waals surface area contributed by atoms with Gasteiger partial charge in [-0.05, 0) is 31.4 Å². The molecule has 142 valence electrons. The minimum atomic E-state index is -0.0924. The Morgan fingerprint density at radius 3 is 2.82 bits per heavy atom. The van der Waals surface area contributed by atoms with E-state index >= 15 is 0 Å². The monoisotopic (exact) mass is 391 g/mol. The third-order valence-electron chi connectivity index (χ3n) is 4.64. The SMILES string of the molecule is Cc1cnc(Nc2nccnc2[C@H]2CCCN2C(=O)/C=C/c2ccccc2)s1. The molecule has 1 atom stereocenters. The molecule has 7 heteroatoms. The van der Waals surface area contributed by atoms with Gasteiger partial charge in [0.05, 0.1) is 6.04 Å². The van der Waals surface area contributed by atoms with E-state index in [2.05, 4.69) is 20.3 Å². The van der Waals surface area contributed by atoms with E-state index < -0.39 is 0 Å². The topological polar surface area (TPSA) is 71.0 Å². The first-order chi connectivity index (χ1) is 13.7. The predicted octanol–water partition coefficient (Wildman–Crippen LogP) is 4.36. The van der Waals surface area contributed by atoms with Crippen LogP contribution >= 0.6 is 11.3 Å². The molecule has 1 aliphatic heterocycles. The molecule has 1 fully saturated rings. The summed E-state index contributed by atoms with van der Waals surface area (Å²) in [5, 5.41) is 4.04. The Kier molecular flexibility index (Phi) is 5.43. The highest BCUT2D eigenvalue weighted by atomic mass is 32.1. The van der Waals surface area contributed by atoms with Gasteiger partial charge in [0.25, 0.3) is 0 Å². The van der Waals surface area contributed by atoms with E-state index in [1.807, 2.05) is 54.4 Å². The fourth-order valence-electron chi connectivity index (χ4n) is 3.34. The number of amides is 1. The summed E-state index contributed by atoms with van der Waals surface area (Å²) in [6, 6.07) is 9.74. The first kappa shape index (κ1) is 18.3. The van der Waals surface area contributed by atoms with Crippen molar-refractivity contribution < 1.29 is 4.79 Å². The van der Waals surface area contributed by atoms with Crippen LogP contribution in [0.25, 0.3) is 6.08 Å². The van der Waals surface area contributed by atoms with Crippen LogP contribution in [0.4, 0.5) is 10.9 Å². The van der Waals surface area contributed by atoms with Gasteiger partial charge in [0, 0.05) is 36.1 Å². The number of benzene rings is 1. The summed E-state index contributed by atoms with van der Waals surface area (Å²) >= 11 is 1.56. The molecular weight excluding hydrogens is 370 g/mol. The van der Waals surface area contributed by atoms with E-state index in [9.17, 15) is 4.79 Å². The molecule has 28 heavy (non-hydrogen) atoms. The molecule has 2 aromatic heterocycles. The summed E-state index contributed by atoms with van der Waals surface area (Å²) in [7, 11) is 0. The van der Waals surface area contributed by atoms with Crippen LogP contribution in [-0.4, -0.2) is 32.3 Å². The van der Waals surface area contributed by atoms with Gasteiger partial charge in [-0.15, -0.1) is 11.3 Å². The van der Waals surface area contributed by atoms with Gasteiger partial charge in [0.15, 0.2) is 10.9 Å². The lowest BCUT2D eigenvalue weighted by Crippen LogP contribution is -2.30. The lowest BCUT2D eigenvalue weighted by atomic mass is 10.1. The van der Waals surface area contributed by atoms with E-state index in [-0.39, 0.29) is 11.9 Å². The molecule has 3 heterocycles. The molecule has 3 aromatic rings. The van der Waals surface area contributed by atoms with Gasteiger partial charge in [-0.3, -0.25) is 9.78 Å².